The normalized spacial score (nSPS) is 12.5. The van der Waals surface area contributed by atoms with Crippen molar-refractivity contribution in [2.24, 2.45) is 0 Å². The Labute approximate surface area is 92.4 Å². The van der Waals surface area contributed by atoms with E-state index in [4.69, 9.17) is 10.1 Å². The van der Waals surface area contributed by atoms with E-state index in [0.717, 1.165) is 0 Å². The van der Waals surface area contributed by atoms with Gasteiger partial charge < -0.3 is 9.79 Å². The van der Waals surface area contributed by atoms with Crippen LogP contribution in [0.2, 0.25) is 0 Å². The Morgan fingerprint density at radius 1 is 1.27 bits per heavy atom. The molecule has 2 N–H and O–H groups in total. The summed E-state index contributed by atoms with van der Waals surface area (Å²) in [5.41, 5.74) is 0. The van der Waals surface area contributed by atoms with E-state index in [-0.39, 0.29) is 29.5 Å². The van der Waals surface area contributed by atoms with Crippen LogP contribution in [0.5, 0.6) is 0 Å². The zero-order valence-electron chi connectivity index (χ0n) is 9.71. The highest BCUT2D eigenvalue weighted by atomic mass is 31.2. The molecular formula is C9H20N2O3P+. The second-order valence-electron chi connectivity index (χ2n) is 3.87. The van der Waals surface area contributed by atoms with Crippen molar-refractivity contribution in [3.8, 4) is 6.07 Å². The van der Waals surface area contributed by atoms with Crippen molar-refractivity contribution in [3.05, 3.63) is 0 Å². The molecule has 5 nitrogen and oxygen atoms in total. The van der Waals surface area contributed by atoms with Crippen LogP contribution in [0.3, 0.4) is 0 Å². The molecule has 0 saturated heterocycles. The van der Waals surface area contributed by atoms with Crippen LogP contribution in [0.15, 0.2) is 0 Å². The van der Waals surface area contributed by atoms with Crippen LogP contribution in [0, 0.1) is 11.3 Å². The van der Waals surface area contributed by atoms with E-state index in [1.807, 2.05) is 33.8 Å². The van der Waals surface area contributed by atoms with E-state index >= 15 is 0 Å². The van der Waals surface area contributed by atoms with Gasteiger partial charge in [0.2, 0.25) is 0 Å². The van der Waals surface area contributed by atoms with Crippen molar-refractivity contribution in [1.29, 1.82) is 5.26 Å². The topological polar surface area (TPSA) is 73.5 Å². The SMILES string of the molecule is CC(C)[N+](OCCC#N)(C(C)C)P(O)O. The highest BCUT2D eigenvalue weighted by Gasteiger charge is 2.46. The van der Waals surface area contributed by atoms with Gasteiger partial charge in [0.1, 0.15) is 18.7 Å². The molecule has 6 heteroatoms. The lowest BCUT2D eigenvalue weighted by molar-refractivity contribution is -1.05. The Hall–Kier alpha value is -0.240. The molecule has 0 spiro atoms. The predicted octanol–water partition coefficient (Wildman–Crippen LogP) is 1.68. The molecule has 0 bridgehead atoms. The number of hydrogen-bond acceptors (Lipinski definition) is 4. The molecule has 0 aliphatic rings. The maximum absolute atomic E-state index is 9.49. The van der Waals surface area contributed by atoms with E-state index < -0.39 is 8.53 Å². The van der Waals surface area contributed by atoms with Crippen molar-refractivity contribution >= 4 is 8.53 Å². The third-order valence-electron chi connectivity index (χ3n) is 2.27. The standard InChI is InChI=1S/C9H20N2O3P/c1-8(2)11(9(3)4,15(12)13)14-7-5-6-10/h8-9,12-13H,5,7H2,1-4H3/q+1. The van der Waals surface area contributed by atoms with Crippen LogP contribution in [-0.2, 0) is 4.84 Å². The van der Waals surface area contributed by atoms with E-state index in [0.29, 0.717) is 0 Å². The van der Waals surface area contributed by atoms with Gasteiger partial charge in [0, 0.05) is 0 Å². The summed E-state index contributed by atoms with van der Waals surface area (Å²) in [4.78, 5) is 24.5. The minimum atomic E-state index is -2.24. The quantitative estimate of drug-likeness (QED) is 0.417. The van der Waals surface area contributed by atoms with Gasteiger partial charge in [0.15, 0.2) is 0 Å². The zero-order valence-corrected chi connectivity index (χ0v) is 10.6. The third kappa shape index (κ3) is 3.37. The van der Waals surface area contributed by atoms with Crippen LogP contribution in [-0.4, -0.2) is 32.9 Å². The zero-order chi connectivity index (χ0) is 12.1. The molecule has 0 atom stereocenters. The smallest absolute Gasteiger partial charge is 0.301 e. The lowest BCUT2D eigenvalue weighted by Gasteiger charge is -2.40. The molecule has 0 amide bonds. The number of hydrogen-bond donors (Lipinski definition) is 2. The summed E-state index contributed by atoms with van der Waals surface area (Å²) < 4.78 is -0.197. The van der Waals surface area contributed by atoms with E-state index in [2.05, 4.69) is 0 Å². The molecule has 0 radical (unpaired) electrons. The molecule has 15 heavy (non-hydrogen) atoms. The summed E-state index contributed by atoms with van der Waals surface area (Å²) in [5.74, 6) is 0. The second kappa shape index (κ2) is 6.37. The van der Waals surface area contributed by atoms with Crippen molar-refractivity contribution in [1.82, 2.24) is 0 Å². The molecule has 0 aromatic carbocycles. The Bertz CT molecular complexity index is 204. The van der Waals surface area contributed by atoms with E-state index in [1.165, 1.54) is 0 Å². The molecule has 0 aromatic rings. The van der Waals surface area contributed by atoms with Gasteiger partial charge in [0.25, 0.3) is 0 Å². The minimum Gasteiger partial charge on any atom is -0.301 e. The minimum absolute atomic E-state index is 0.0650. The highest BCUT2D eigenvalue weighted by molar-refractivity contribution is 7.38. The monoisotopic (exact) mass is 235 g/mol. The summed E-state index contributed by atoms with van der Waals surface area (Å²) in [6.07, 6.45) is 0.253. The van der Waals surface area contributed by atoms with E-state index in [1.54, 1.807) is 0 Å². The number of nitrogens with zero attached hydrogens (tertiary/aromatic N) is 2. The average molecular weight is 235 g/mol. The number of nitriles is 1. The van der Waals surface area contributed by atoms with Gasteiger partial charge in [-0.1, -0.05) is 0 Å². The Morgan fingerprint density at radius 3 is 2.00 bits per heavy atom. The van der Waals surface area contributed by atoms with Gasteiger partial charge in [-0.3, -0.25) is 0 Å². The summed E-state index contributed by atoms with van der Waals surface area (Å²) in [7, 11) is -2.24. The van der Waals surface area contributed by atoms with Gasteiger partial charge in [-0.2, -0.15) is 10.1 Å². The molecule has 88 valence electrons. The van der Waals surface area contributed by atoms with Gasteiger partial charge in [-0.25, -0.2) is 0 Å². The molecule has 0 aromatic heterocycles. The summed E-state index contributed by atoms with van der Waals surface area (Å²) in [6, 6.07) is 1.84. The first kappa shape index (κ1) is 14.8. The maximum atomic E-state index is 9.49. The largest absolute Gasteiger partial charge is 0.448 e. The summed E-state index contributed by atoms with van der Waals surface area (Å²) in [5, 5.41) is 8.42. The van der Waals surface area contributed by atoms with E-state index in [9.17, 15) is 9.79 Å². The molecule has 0 fully saturated rings. The molecule has 0 unspecified atom stereocenters. The van der Waals surface area contributed by atoms with Gasteiger partial charge >= 0.3 is 8.53 Å². The van der Waals surface area contributed by atoms with Crippen LogP contribution in [0.4, 0.5) is 0 Å². The first-order valence-electron chi connectivity index (χ1n) is 4.97. The Morgan fingerprint density at radius 2 is 1.73 bits per heavy atom. The third-order valence-corrected chi connectivity index (χ3v) is 3.87. The van der Waals surface area contributed by atoms with Crippen molar-refractivity contribution in [3.63, 3.8) is 0 Å². The Balaban J connectivity index is 4.74. The fourth-order valence-corrected chi connectivity index (χ4v) is 2.61. The molecule has 0 rings (SSSR count). The van der Waals surface area contributed by atoms with Crippen molar-refractivity contribution < 1.29 is 19.0 Å². The number of hydroxylamine groups is 2. The Kier molecular flexibility index (Phi) is 6.26. The fraction of sp³-hybridized carbons (Fsp3) is 0.889. The van der Waals surface area contributed by atoms with Crippen LogP contribution in [0.1, 0.15) is 34.1 Å². The van der Waals surface area contributed by atoms with Crippen molar-refractivity contribution in [2.45, 2.75) is 46.2 Å². The number of quaternary nitrogens is 1. The first-order chi connectivity index (χ1) is 6.89. The van der Waals surface area contributed by atoms with Gasteiger partial charge in [0.05, 0.1) is 12.5 Å². The molecular weight excluding hydrogens is 215 g/mol. The molecule has 0 aliphatic carbocycles. The average Bonchev–Trinajstić information content (AvgIpc) is 2.10. The molecule has 0 heterocycles. The van der Waals surface area contributed by atoms with Crippen LogP contribution >= 0.6 is 8.53 Å². The van der Waals surface area contributed by atoms with Gasteiger partial charge in [-0.15, -0.1) is 4.42 Å². The van der Waals surface area contributed by atoms with Crippen LogP contribution in [0.25, 0.3) is 0 Å². The number of rotatable bonds is 6. The van der Waals surface area contributed by atoms with Crippen LogP contribution < -0.4 is 0 Å². The molecule has 0 saturated carbocycles. The summed E-state index contributed by atoms with van der Waals surface area (Å²) in [6.45, 7) is 7.69. The first-order valence-corrected chi connectivity index (χ1v) is 6.17. The highest BCUT2D eigenvalue weighted by Crippen LogP contribution is 2.45. The maximum Gasteiger partial charge on any atom is 0.448 e. The second-order valence-corrected chi connectivity index (χ2v) is 5.03. The van der Waals surface area contributed by atoms with Gasteiger partial charge in [-0.05, 0) is 27.7 Å². The summed E-state index contributed by atoms with van der Waals surface area (Å²) >= 11 is 0. The lowest BCUT2D eigenvalue weighted by atomic mass is 10.3. The van der Waals surface area contributed by atoms with Crippen molar-refractivity contribution in [2.75, 3.05) is 6.61 Å². The molecule has 0 aliphatic heterocycles. The lowest BCUT2D eigenvalue weighted by Crippen LogP contribution is -2.53. The predicted molar refractivity (Wildman–Crippen MR) is 58.1 cm³/mol. The fourth-order valence-electron chi connectivity index (χ4n) is 1.60.